The molecule has 0 saturated carbocycles. The topological polar surface area (TPSA) is 12.0 Å². The van der Waals surface area contributed by atoms with E-state index in [0.29, 0.717) is 5.92 Å². The Morgan fingerprint density at radius 3 is 1.83 bits per heavy atom. The quantitative estimate of drug-likeness (QED) is 0.772. The predicted octanol–water partition coefficient (Wildman–Crippen LogP) is 4.15. The van der Waals surface area contributed by atoms with Crippen molar-refractivity contribution in [3.05, 3.63) is 21.0 Å². The van der Waals surface area contributed by atoms with Crippen molar-refractivity contribution >= 4 is 7.17 Å². The van der Waals surface area contributed by atoms with Crippen LogP contribution >= 0.6 is 0 Å². The SMILES string of the molecule is CC1=C(C)C(C)[C]([V]([NH]C(C)(C)C)[SiH](C)C)=C1C. The van der Waals surface area contributed by atoms with Crippen molar-refractivity contribution in [1.82, 2.24) is 4.17 Å². The maximum atomic E-state index is 4.02. The molecule has 104 valence electrons. The van der Waals surface area contributed by atoms with Gasteiger partial charge in [-0.2, -0.15) is 0 Å². The summed E-state index contributed by atoms with van der Waals surface area (Å²) in [7, 11) is -0.620. The standard InChI is InChI=1S/C9H13.C4H10N.C2H7Si.V/c1-6-5-7(2)9(4)8(6)3;1-4(2,3)5;1-3-2;/h6H,1-4H3;5H,1-3H3;3H,1-2H3;/q;-1;;+1. The fraction of sp³-hybridized carbons (Fsp3) is 0.733. The van der Waals surface area contributed by atoms with Crippen LogP contribution in [0.2, 0.25) is 13.1 Å². The first-order chi connectivity index (χ1) is 8.06. The Kier molecular flexibility index (Phi) is 5.16. The molecule has 1 unspecified atom stereocenters. The third kappa shape index (κ3) is 3.41. The summed E-state index contributed by atoms with van der Waals surface area (Å²) in [6.45, 7) is 21.4. The van der Waals surface area contributed by atoms with Crippen LogP contribution in [0.4, 0.5) is 0 Å². The van der Waals surface area contributed by atoms with Gasteiger partial charge in [0.15, 0.2) is 0 Å². The van der Waals surface area contributed by atoms with Crippen LogP contribution < -0.4 is 4.17 Å². The Balaban J connectivity index is 3.11. The zero-order valence-electron chi connectivity index (χ0n) is 13.6. The van der Waals surface area contributed by atoms with Crippen molar-refractivity contribution in [3.8, 4) is 0 Å². The van der Waals surface area contributed by atoms with Crippen LogP contribution in [0.5, 0.6) is 0 Å². The van der Waals surface area contributed by atoms with Crippen molar-refractivity contribution in [1.29, 1.82) is 0 Å². The zero-order chi connectivity index (χ0) is 14.2. The molecule has 1 atom stereocenters. The Morgan fingerprint density at radius 2 is 1.56 bits per heavy atom. The molecular weight excluding hydrogens is 273 g/mol. The Morgan fingerprint density at radius 1 is 1.06 bits per heavy atom. The van der Waals surface area contributed by atoms with Gasteiger partial charge < -0.3 is 0 Å². The van der Waals surface area contributed by atoms with Gasteiger partial charge >= 0.3 is 120 Å². The second kappa shape index (κ2) is 5.70. The Labute approximate surface area is 120 Å². The predicted molar refractivity (Wildman–Crippen MR) is 82.0 cm³/mol. The van der Waals surface area contributed by atoms with Gasteiger partial charge in [-0.1, -0.05) is 0 Å². The second-order valence-corrected chi connectivity index (χ2v) is 18.3. The molecule has 18 heavy (non-hydrogen) atoms. The normalized spacial score (nSPS) is 21.8. The summed E-state index contributed by atoms with van der Waals surface area (Å²) in [5, 5.41) is 0. The Hall–Kier alpha value is 0.241. The molecule has 1 aliphatic rings. The van der Waals surface area contributed by atoms with Gasteiger partial charge in [-0.25, -0.2) is 0 Å². The molecule has 0 radical (unpaired) electrons. The number of hydrogen-bond acceptors (Lipinski definition) is 1. The van der Waals surface area contributed by atoms with Crippen molar-refractivity contribution in [2.45, 2.75) is 67.1 Å². The molecule has 0 fully saturated rings. The van der Waals surface area contributed by atoms with Crippen LogP contribution in [0.25, 0.3) is 0 Å². The van der Waals surface area contributed by atoms with Gasteiger partial charge in [0, 0.05) is 0 Å². The van der Waals surface area contributed by atoms with E-state index in [1.165, 1.54) is 0 Å². The van der Waals surface area contributed by atoms with E-state index in [-0.39, 0.29) is 5.54 Å². The molecule has 0 aromatic carbocycles. The van der Waals surface area contributed by atoms with Crippen molar-refractivity contribution < 1.29 is 14.7 Å². The molecule has 1 nitrogen and oxygen atoms in total. The first kappa shape index (κ1) is 16.3. The van der Waals surface area contributed by atoms with Crippen LogP contribution in [0.3, 0.4) is 0 Å². The number of hydrogen-bond donors (Lipinski definition) is 1. The first-order valence-electron chi connectivity index (χ1n) is 7.01. The molecule has 0 aromatic heterocycles. The summed E-state index contributed by atoms with van der Waals surface area (Å²) in [4.78, 5) is 0. The number of nitrogens with one attached hydrogen (secondary N) is 1. The molecule has 0 aliphatic heterocycles. The molecule has 1 aliphatic carbocycles. The van der Waals surface area contributed by atoms with Gasteiger partial charge in [0.05, 0.1) is 0 Å². The van der Waals surface area contributed by atoms with Gasteiger partial charge in [0.1, 0.15) is 0 Å². The number of rotatable bonds is 3. The molecule has 0 spiro atoms. The van der Waals surface area contributed by atoms with E-state index < -0.39 is 21.9 Å². The third-order valence-electron chi connectivity index (χ3n) is 3.83. The molecule has 1 rings (SSSR count). The average molecular weight is 303 g/mol. The van der Waals surface area contributed by atoms with E-state index in [4.69, 9.17) is 0 Å². The van der Waals surface area contributed by atoms with E-state index in [1.54, 1.807) is 16.7 Å². The van der Waals surface area contributed by atoms with Gasteiger partial charge in [-0.3, -0.25) is 0 Å². The van der Waals surface area contributed by atoms with Gasteiger partial charge in [-0.05, 0) is 0 Å². The van der Waals surface area contributed by atoms with Crippen LogP contribution in [0, 0.1) is 5.92 Å². The molecule has 3 heteroatoms. The van der Waals surface area contributed by atoms with Crippen LogP contribution in [-0.2, 0) is 14.7 Å². The molecule has 0 aromatic rings. The van der Waals surface area contributed by atoms with Crippen LogP contribution in [-0.4, -0.2) is 12.7 Å². The third-order valence-corrected chi connectivity index (χ3v) is 14.7. The second-order valence-electron chi connectivity index (χ2n) is 6.87. The van der Waals surface area contributed by atoms with E-state index in [2.05, 4.69) is 65.7 Å². The fourth-order valence-corrected chi connectivity index (χ4v) is 13.6. The number of allylic oxidation sites excluding steroid dienone is 4. The summed E-state index contributed by atoms with van der Waals surface area (Å²) in [6.07, 6.45) is 0. The zero-order valence-corrected chi connectivity index (χ0v) is 16.2. The minimum atomic E-state index is -1.03. The van der Waals surface area contributed by atoms with Crippen molar-refractivity contribution in [2.75, 3.05) is 0 Å². The van der Waals surface area contributed by atoms with E-state index >= 15 is 0 Å². The summed E-state index contributed by atoms with van der Waals surface area (Å²) in [5.74, 6) is 0.690. The monoisotopic (exact) mass is 303 g/mol. The molecular formula is C15H30NSiV. The minimum absolute atomic E-state index is 0.259. The van der Waals surface area contributed by atoms with Gasteiger partial charge in [-0.15, -0.1) is 0 Å². The first-order valence-corrected chi connectivity index (χ1v) is 13.7. The Bertz CT molecular complexity index is 388. The van der Waals surface area contributed by atoms with E-state index in [9.17, 15) is 0 Å². The van der Waals surface area contributed by atoms with Crippen molar-refractivity contribution in [3.63, 3.8) is 0 Å². The molecule has 0 bridgehead atoms. The van der Waals surface area contributed by atoms with Gasteiger partial charge in [0.25, 0.3) is 0 Å². The van der Waals surface area contributed by atoms with E-state index in [0.717, 1.165) is 0 Å². The summed E-state index contributed by atoms with van der Waals surface area (Å²) >= 11 is -1.03. The van der Waals surface area contributed by atoms with Crippen LogP contribution in [0.1, 0.15) is 48.5 Å². The van der Waals surface area contributed by atoms with Crippen molar-refractivity contribution in [2.24, 2.45) is 5.92 Å². The molecule has 0 amide bonds. The molecule has 1 N–H and O–H groups in total. The molecule has 0 saturated heterocycles. The average Bonchev–Trinajstić information content (AvgIpc) is 2.39. The van der Waals surface area contributed by atoms with E-state index in [1.807, 2.05) is 4.28 Å². The summed E-state index contributed by atoms with van der Waals surface area (Å²) < 4.78 is 5.84. The fourth-order valence-electron chi connectivity index (χ4n) is 2.56. The molecule has 0 heterocycles. The maximum absolute atomic E-state index is 4.02. The van der Waals surface area contributed by atoms with Gasteiger partial charge in [0.2, 0.25) is 0 Å². The summed E-state index contributed by atoms with van der Waals surface area (Å²) in [5.41, 5.74) is 5.03. The van der Waals surface area contributed by atoms with Crippen LogP contribution in [0.15, 0.2) is 21.0 Å². The summed E-state index contributed by atoms with van der Waals surface area (Å²) in [6, 6.07) is 0.